The second-order valence-electron chi connectivity index (χ2n) is 25.7. The largest absolute Gasteiger partial charge is 0.394 e. The lowest BCUT2D eigenvalue weighted by atomic mass is 9.96. The molecule has 1 amide bonds. The lowest BCUT2D eigenvalue weighted by molar-refractivity contribution is -0.379. The number of aliphatic hydroxyl groups is 11. The molecule has 0 aromatic carbocycles. The van der Waals surface area contributed by atoms with Gasteiger partial charge in [-0.25, -0.2) is 0 Å². The summed E-state index contributed by atoms with van der Waals surface area (Å²) in [5.41, 5.74) is 0. The van der Waals surface area contributed by atoms with Gasteiger partial charge in [0.2, 0.25) is 5.91 Å². The number of amides is 1. The number of allylic oxidation sites excluding steroid dienone is 22. The van der Waals surface area contributed by atoms with Gasteiger partial charge in [0.1, 0.15) is 73.2 Å². The van der Waals surface area contributed by atoms with Crippen molar-refractivity contribution in [3.8, 4) is 0 Å². The summed E-state index contributed by atoms with van der Waals surface area (Å²) in [4.78, 5) is 13.4. The number of nitrogens with one attached hydrogen (secondary N) is 1. The van der Waals surface area contributed by atoms with Gasteiger partial charge < -0.3 is 89.9 Å². The maximum Gasteiger partial charge on any atom is 0.220 e. The van der Waals surface area contributed by atoms with Crippen molar-refractivity contribution >= 4 is 5.91 Å². The quantitative estimate of drug-likeness (QED) is 0.0199. The summed E-state index contributed by atoms with van der Waals surface area (Å²) in [5.74, 6) is -0.280. The molecule has 19 nitrogen and oxygen atoms in total. The summed E-state index contributed by atoms with van der Waals surface area (Å²) in [6.45, 7) is 1.64. The zero-order valence-corrected chi connectivity index (χ0v) is 58.7. The molecule has 12 N–H and O–H groups in total. The van der Waals surface area contributed by atoms with Crippen LogP contribution in [-0.4, -0.2) is 193 Å². The number of aliphatic hydroxyl groups excluding tert-OH is 11. The summed E-state index contributed by atoms with van der Waals surface area (Å²) in [7, 11) is 0. The van der Waals surface area contributed by atoms with Gasteiger partial charge in [0, 0.05) is 6.42 Å². The molecular weight excluding hydrogens is 1240 g/mol. The Hall–Kier alpha value is -4.07. The lowest BCUT2D eigenvalue weighted by Crippen LogP contribution is -2.66. The Kier molecular flexibility index (Phi) is 51.7. The van der Waals surface area contributed by atoms with E-state index in [9.17, 15) is 61.0 Å². The number of rotatable bonds is 55. The van der Waals surface area contributed by atoms with Gasteiger partial charge in [0.25, 0.3) is 0 Å². The number of unbranched alkanes of at least 4 members (excludes halogenated alkanes) is 17. The van der Waals surface area contributed by atoms with Crippen LogP contribution in [0.5, 0.6) is 0 Å². The van der Waals surface area contributed by atoms with E-state index in [1.54, 1.807) is 0 Å². The summed E-state index contributed by atoms with van der Waals surface area (Å²) in [5, 5.41) is 121. The maximum absolute atomic E-state index is 13.4. The van der Waals surface area contributed by atoms with Crippen molar-refractivity contribution in [3.63, 3.8) is 0 Å². The van der Waals surface area contributed by atoms with Gasteiger partial charge in [0.05, 0.1) is 38.6 Å². The minimum Gasteiger partial charge on any atom is -0.394 e. The van der Waals surface area contributed by atoms with Gasteiger partial charge in [-0.2, -0.15) is 0 Å². The number of ether oxygens (including phenoxy) is 6. The zero-order valence-electron chi connectivity index (χ0n) is 58.7. The van der Waals surface area contributed by atoms with E-state index in [1.165, 1.54) is 70.6 Å². The van der Waals surface area contributed by atoms with Crippen molar-refractivity contribution in [1.29, 1.82) is 0 Å². The van der Waals surface area contributed by atoms with Crippen LogP contribution in [-0.2, 0) is 33.2 Å². The van der Waals surface area contributed by atoms with Crippen molar-refractivity contribution in [3.05, 3.63) is 134 Å². The Morgan fingerprint density at radius 2 is 0.711 bits per heavy atom. The van der Waals surface area contributed by atoms with Crippen molar-refractivity contribution in [1.82, 2.24) is 5.32 Å². The predicted molar refractivity (Wildman–Crippen MR) is 383 cm³/mol. The lowest BCUT2D eigenvalue weighted by Gasteiger charge is -2.48. The fraction of sp³-hybridized carbons (Fsp3) is 0.705. The van der Waals surface area contributed by atoms with Crippen LogP contribution < -0.4 is 5.32 Å². The molecule has 0 aromatic heterocycles. The minimum atomic E-state index is -1.98. The number of carbonyl (C=O) groups excluding carboxylic acids is 1. The highest BCUT2D eigenvalue weighted by Gasteiger charge is 2.53. The molecule has 554 valence electrons. The van der Waals surface area contributed by atoms with Crippen LogP contribution in [0.25, 0.3) is 0 Å². The molecule has 0 bridgehead atoms. The van der Waals surface area contributed by atoms with E-state index >= 15 is 0 Å². The van der Waals surface area contributed by atoms with Crippen molar-refractivity contribution < 1.29 is 89.4 Å². The first-order chi connectivity index (χ1) is 47.3. The molecule has 97 heavy (non-hydrogen) atoms. The third kappa shape index (κ3) is 38.5. The van der Waals surface area contributed by atoms with Gasteiger partial charge in [-0.1, -0.05) is 250 Å². The van der Waals surface area contributed by atoms with E-state index in [1.807, 2.05) is 0 Å². The highest BCUT2D eigenvalue weighted by Crippen LogP contribution is 2.33. The summed E-state index contributed by atoms with van der Waals surface area (Å²) in [6, 6.07) is -0.915. The summed E-state index contributed by atoms with van der Waals surface area (Å²) < 4.78 is 34.4. The van der Waals surface area contributed by atoms with E-state index in [2.05, 4.69) is 153 Å². The molecule has 17 atom stereocenters. The zero-order chi connectivity index (χ0) is 70.4. The number of hydrogen-bond donors (Lipinski definition) is 12. The highest BCUT2D eigenvalue weighted by molar-refractivity contribution is 5.76. The van der Waals surface area contributed by atoms with Gasteiger partial charge >= 0.3 is 0 Å². The monoisotopic (exact) mass is 1370 g/mol. The van der Waals surface area contributed by atoms with Crippen molar-refractivity contribution in [2.24, 2.45) is 0 Å². The maximum atomic E-state index is 13.4. The minimum absolute atomic E-state index is 0.217. The number of carbonyl (C=O) groups is 1. The van der Waals surface area contributed by atoms with Gasteiger partial charge in [0.15, 0.2) is 18.9 Å². The van der Waals surface area contributed by atoms with Crippen LogP contribution in [0.4, 0.5) is 0 Å². The van der Waals surface area contributed by atoms with Crippen LogP contribution in [0.2, 0.25) is 0 Å². The second-order valence-corrected chi connectivity index (χ2v) is 25.7. The number of hydrogen-bond acceptors (Lipinski definition) is 18. The van der Waals surface area contributed by atoms with E-state index in [0.717, 1.165) is 109 Å². The van der Waals surface area contributed by atoms with Gasteiger partial charge in [-0.05, 0) is 96.3 Å². The predicted octanol–water partition coefficient (Wildman–Crippen LogP) is 10.9. The molecule has 3 rings (SSSR count). The Morgan fingerprint density at radius 1 is 0.381 bits per heavy atom. The van der Waals surface area contributed by atoms with Crippen LogP contribution in [0.15, 0.2) is 134 Å². The molecule has 17 unspecified atom stereocenters. The first-order valence-electron chi connectivity index (χ1n) is 36.9. The Labute approximate surface area is 581 Å². The molecule has 3 aliphatic heterocycles. The van der Waals surface area contributed by atoms with Gasteiger partial charge in [-0.3, -0.25) is 4.79 Å². The third-order valence-electron chi connectivity index (χ3n) is 17.5. The first kappa shape index (κ1) is 87.1. The van der Waals surface area contributed by atoms with E-state index in [0.29, 0.717) is 19.3 Å². The van der Waals surface area contributed by atoms with E-state index < -0.39 is 124 Å². The van der Waals surface area contributed by atoms with Crippen LogP contribution in [0.1, 0.15) is 219 Å². The molecule has 3 aliphatic rings. The second kappa shape index (κ2) is 57.5. The first-order valence-corrected chi connectivity index (χ1v) is 36.9. The van der Waals surface area contributed by atoms with E-state index in [4.69, 9.17) is 28.4 Å². The summed E-state index contributed by atoms with van der Waals surface area (Å²) >= 11 is 0. The average Bonchev–Trinajstić information content (AvgIpc) is 0.789. The van der Waals surface area contributed by atoms with E-state index in [-0.39, 0.29) is 18.9 Å². The molecule has 3 fully saturated rings. The standard InChI is InChI=1S/C78H129NO18/c1-3-5-7-9-11-13-15-17-19-20-21-22-23-24-25-26-27-28-29-30-31-32-33-34-35-36-37-38-39-40-42-44-46-48-50-52-54-56-66(84)79-61(62(83)55-53-51-49-47-45-43-41-18-16-14-12-10-8-6-4-2)60-92-76-72(90)69(87)74(64(58-81)94-76)97-78-73(91)70(88)75(65(59-82)95-78)96-77-71(89)68(86)67(85)63(57-80)93-77/h5,7,11,13,17,19,21-22,24-25,27-28,30-31,33-34,36-37,39-40,44,46,61-65,67-78,80-83,85-91H,3-4,6,8-10,12,14-16,18,20,23,26,29,32,35,38,41-43,45,47-60H2,1-2H3,(H,79,84)/b7-5-,13-11-,19-17-,22-21-,25-24-,28-27-,31-30-,34-33-,37-36-,40-39-,46-44-. The Bertz CT molecular complexity index is 2280. The highest BCUT2D eigenvalue weighted by atomic mass is 16.8. The smallest absolute Gasteiger partial charge is 0.220 e. The topological polar surface area (TPSA) is 307 Å². The third-order valence-corrected chi connectivity index (χ3v) is 17.5. The molecule has 0 radical (unpaired) electrons. The molecule has 3 heterocycles. The van der Waals surface area contributed by atoms with Crippen molar-refractivity contribution in [2.45, 2.75) is 324 Å². The molecule has 0 saturated carbocycles. The molecule has 3 saturated heterocycles. The molecule has 19 heteroatoms. The molecule has 0 aromatic rings. The Balaban J connectivity index is 1.38. The van der Waals surface area contributed by atoms with Crippen LogP contribution >= 0.6 is 0 Å². The Morgan fingerprint density at radius 3 is 1.10 bits per heavy atom. The molecule has 0 aliphatic carbocycles. The molecule has 0 spiro atoms. The fourth-order valence-corrected chi connectivity index (χ4v) is 11.6. The molecular formula is C78H129NO18. The van der Waals surface area contributed by atoms with Crippen LogP contribution in [0.3, 0.4) is 0 Å². The SMILES string of the molecule is CC/C=C\C/C=C\C/C=C\C/C=C\C/C=C\C/C=C\C/C=C\C/C=C\C/C=C\C/C=C\C/C=C\CCCCCC(=O)NC(COC1OC(CO)C(OC2OC(CO)C(OC3OC(CO)C(O)C(O)C3O)C(O)C2O)C(O)C1O)C(O)CCCCCCCCCCCCCCCCC. The van der Waals surface area contributed by atoms with Gasteiger partial charge in [-0.15, -0.1) is 0 Å². The van der Waals surface area contributed by atoms with Crippen LogP contribution in [0, 0.1) is 0 Å². The fourth-order valence-electron chi connectivity index (χ4n) is 11.6. The van der Waals surface area contributed by atoms with Crippen molar-refractivity contribution in [2.75, 3.05) is 26.4 Å². The summed E-state index contributed by atoms with van der Waals surface area (Å²) in [6.07, 6.45) is 53.9. The normalized spacial score (nSPS) is 27.7. The average molecular weight is 1370 g/mol.